The van der Waals surface area contributed by atoms with E-state index in [-0.39, 0.29) is 5.75 Å². The summed E-state index contributed by atoms with van der Waals surface area (Å²) in [5.41, 5.74) is 1.73. The number of nitrogens with one attached hydrogen (secondary N) is 1. The molecule has 2 rings (SSSR count). The number of carbonyl (C=O) groups is 1. The first-order valence-corrected chi connectivity index (χ1v) is 6.81. The summed E-state index contributed by atoms with van der Waals surface area (Å²) in [7, 11) is 0. The van der Waals surface area contributed by atoms with Gasteiger partial charge in [-0.15, -0.1) is 0 Å². The van der Waals surface area contributed by atoms with Crippen LogP contribution in [0.2, 0.25) is 0 Å². The molecule has 1 heterocycles. The summed E-state index contributed by atoms with van der Waals surface area (Å²) < 4.78 is 5.55. The maximum atomic E-state index is 10.5. The molecule has 0 saturated carbocycles. The van der Waals surface area contributed by atoms with Crippen LogP contribution in [-0.2, 0) is 4.79 Å². The third kappa shape index (κ3) is 3.51. The summed E-state index contributed by atoms with van der Waals surface area (Å²) in [6, 6.07) is 7.65. The summed E-state index contributed by atoms with van der Waals surface area (Å²) in [5, 5.41) is 9.22. The van der Waals surface area contributed by atoms with Crippen LogP contribution in [0.25, 0.3) is 11.3 Å². The maximum Gasteiger partial charge on any atom is 0.313 e. The molecule has 0 bridgehead atoms. The molecule has 0 unspecified atom stereocenters. The summed E-state index contributed by atoms with van der Waals surface area (Å²) in [6.45, 7) is 2.52. The highest BCUT2D eigenvalue weighted by molar-refractivity contribution is 7.99. The predicted octanol–water partition coefficient (Wildman–Crippen LogP) is 2.65. The molecule has 0 amide bonds. The number of aliphatic carboxylic acids is 1. The smallest absolute Gasteiger partial charge is 0.313 e. The lowest BCUT2D eigenvalue weighted by Crippen LogP contribution is -1.97. The normalized spacial score (nSPS) is 10.4. The van der Waals surface area contributed by atoms with Gasteiger partial charge >= 0.3 is 5.97 Å². The van der Waals surface area contributed by atoms with Crippen LogP contribution in [0, 0.1) is 0 Å². The number of imidazole rings is 1. The van der Waals surface area contributed by atoms with Gasteiger partial charge in [-0.3, -0.25) is 4.79 Å². The monoisotopic (exact) mass is 278 g/mol. The molecule has 0 radical (unpaired) electrons. The lowest BCUT2D eigenvalue weighted by molar-refractivity contribution is -0.133. The van der Waals surface area contributed by atoms with E-state index in [2.05, 4.69) is 9.97 Å². The Balaban J connectivity index is 2.20. The molecule has 2 N–H and O–H groups in total. The van der Waals surface area contributed by atoms with E-state index >= 15 is 0 Å². The molecule has 0 spiro atoms. The molecule has 2 aromatic rings. The third-order valence-electron chi connectivity index (χ3n) is 2.36. The van der Waals surface area contributed by atoms with E-state index in [1.807, 2.05) is 31.2 Å². The number of H-pyrrole nitrogens is 1. The number of thioether (sulfide) groups is 1. The first kappa shape index (κ1) is 13.5. The van der Waals surface area contributed by atoms with Gasteiger partial charge in [-0.2, -0.15) is 0 Å². The van der Waals surface area contributed by atoms with E-state index < -0.39 is 5.97 Å². The molecule has 0 aliphatic carbocycles. The number of carboxylic acid groups (broad SMARTS) is 1. The summed E-state index contributed by atoms with van der Waals surface area (Å²) in [5.74, 6) is -0.0961. The number of carboxylic acids is 1. The molecule has 5 nitrogen and oxygen atoms in total. The van der Waals surface area contributed by atoms with Crippen molar-refractivity contribution in [3.8, 4) is 17.0 Å². The average Bonchev–Trinajstić information content (AvgIpc) is 2.86. The molecule has 100 valence electrons. The fourth-order valence-corrected chi connectivity index (χ4v) is 2.18. The molecule has 6 heteroatoms. The standard InChI is InChI=1S/C13H14N2O3S/c1-2-18-11-6-4-3-5-9(11)10-7-14-13(15-10)19-8-12(16)17/h3-7H,2,8H2,1H3,(H,14,15)(H,16,17). The van der Waals surface area contributed by atoms with Gasteiger partial charge < -0.3 is 14.8 Å². The van der Waals surface area contributed by atoms with Gasteiger partial charge in [0, 0.05) is 5.56 Å². The highest BCUT2D eigenvalue weighted by Crippen LogP contribution is 2.29. The lowest BCUT2D eigenvalue weighted by Gasteiger charge is -2.07. The zero-order valence-electron chi connectivity index (χ0n) is 10.4. The minimum atomic E-state index is -0.863. The summed E-state index contributed by atoms with van der Waals surface area (Å²) in [6.07, 6.45) is 1.68. The minimum Gasteiger partial charge on any atom is -0.493 e. The van der Waals surface area contributed by atoms with Crippen molar-refractivity contribution in [2.24, 2.45) is 0 Å². The van der Waals surface area contributed by atoms with Crippen LogP contribution in [0.1, 0.15) is 6.92 Å². The molecule has 19 heavy (non-hydrogen) atoms. The number of rotatable bonds is 6. The number of ether oxygens (including phenoxy) is 1. The number of aromatic nitrogens is 2. The SMILES string of the molecule is CCOc1ccccc1-c1cnc(SCC(=O)O)[nH]1. The van der Waals surface area contributed by atoms with Crippen LogP contribution in [0.3, 0.4) is 0 Å². The Morgan fingerprint density at radius 1 is 1.47 bits per heavy atom. The molecule has 1 aromatic carbocycles. The molecule has 1 aromatic heterocycles. The predicted molar refractivity (Wildman–Crippen MR) is 73.6 cm³/mol. The highest BCUT2D eigenvalue weighted by atomic mass is 32.2. The van der Waals surface area contributed by atoms with Crippen molar-refractivity contribution >= 4 is 17.7 Å². The Hall–Kier alpha value is -1.95. The number of benzene rings is 1. The van der Waals surface area contributed by atoms with Gasteiger partial charge in [0.25, 0.3) is 0 Å². The van der Waals surface area contributed by atoms with E-state index in [9.17, 15) is 4.79 Å². The minimum absolute atomic E-state index is 0.0138. The van der Waals surface area contributed by atoms with Crippen molar-refractivity contribution in [2.45, 2.75) is 12.1 Å². The van der Waals surface area contributed by atoms with E-state index in [1.165, 1.54) is 0 Å². The van der Waals surface area contributed by atoms with E-state index in [1.54, 1.807) is 6.20 Å². The number of para-hydroxylation sites is 1. The third-order valence-corrected chi connectivity index (χ3v) is 3.23. The van der Waals surface area contributed by atoms with Gasteiger partial charge in [-0.1, -0.05) is 23.9 Å². The van der Waals surface area contributed by atoms with Crippen LogP contribution in [0.5, 0.6) is 5.75 Å². The number of hydrogen-bond acceptors (Lipinski definition) is 4. The highest BCUT2D eigenvalue weighted by Gasteiger charge is 2.09. The van der Waals surface area contributed by atoms with Crippen molar-refractivity contribution in [3.05, 3.63) is 30.5 Å². The Morgan fingerprint density at radius 2 is 2.26 bits per heavy atom. The largest absolute Gasteiger partial charge is 0.493 e. The van der Waals surface area contributed by atoms with Gasteiger partial charge in [0.15, 0.2) is 5.16 Å². The van der Waals surface area contributed by atoms with Crippen molar-refractivity contribution in [1.82, 2.24) is 9.97 Å². The van der Waals surface area contributed by atoms with Gasteiger partial charge in [-0.05, 0) is 19.1 Å². The molecule has 0 aliphatic heterocycles. The van der Waals surface area contributed by atoms with Crippen molar-refractivity contribution in [1.29, 1.82) is 0 Å². The van der Waals surface area contributed by atoms with E-state index in [0.29, 0.717) is 11.8 Å². The number of hydrogen-bond donors (Lipinski definition) is 2. The van der Waals surface area contributed by atoms with Crippen LogP contribution in [0.4, 0.5) is 0 Å². The van der Waals surface area contributed by atoms with Crippen LogP contribution >= 0.6 is 11.8 Å². The lowest BCUT2D eigenvalue weighted by atomic mass is 10.1. The number of aromatic amines is 1. The van der Waals surface area contributed by atoms with Gasteiger partial charge in [0.2, 0.25) is 0 Å². The van der Waals surface area contributed by atoms with Crippen LogP contribution < -0.4 is 4.74 Å². The first-order chi connectivity index (χ1) is 9.20. The second-order valence-electron chi connectivity index (χ2n) is 3.71. The Morgan fingerprint density at radius 3 is 3.00 bits per heavy atom. The van der Waals surface area contributed by atoms with Crippen LogP contribution in [-0.4, -0.2) is 33.4 Å². The average molecular weight is 278 g/mol. The van der Waals surface area contributed by atoms with Crippen molar-refractivity contribution in [3.63, 3.8) is 0 Å². The molecule has 0 saturated heterocycles. The maximum absolute atomic E-state index is 10.5. The Labute approximate surface area is 115 Å². The fourth-order valence-electron chi connectivity index (χ4n) is 1.61. The van der Waals surface area contributed by atoms with Gasteiger partial charge in [0.05, 0.1) is 24.3 Å². The zero-order chi connectivity index (χ0) is 13.7. The zero-order valence-corrected chi connectivity index (χ0v) is 11.2. The molecular weight excluding hydrogens is 264 g/mol. The topological polar surface area (TPSA) is 75.2 Å². The summed E-state index contributed by atoms with van der Waals surface area (Å²) >= 11 is 1.16. The molecular formula is C13H14N2O3S. The van der Waals surface area contributed by atoms with Crippen molar-refractivity contribution < 1.29 is 14.6 Å². The van der Waals surface area contributed by atoms with Crippen LogP contribution in [0.15, 0.2) is 35.6 Å². The van der Waals surface area contributed by atoms with E-state index in [4.69, 9.17) is 9.84 Å². The Kier molecular flexibility index (Phi) is 4.46. The second-order valence-corrected chi connectivity index (χ2v) is 4.68. The van der Waals surface area contributed by atoms with E-state index in [0.717, 1.165) is 28.8 Å². The van der Waals surface area contributed by atoms with Gasteiger partial charge in [-0.25, -0.2) is 4.98 Å². The fraction of sp³-hybridized carbons (Fsp3) is 0.231. The first-order valence-electron chi connectivity index (χ1n) is 5.82. The molecule has 0 fully saturated rings. The summed E-state index contributed by atoms with van der Waals surface area (Å²) in [4.78, 5) is 17.8. The molecule has 0 atom stereocenters. The quantitative estimate of drug-likeness (QED) is 0.794. The van der Waals surface area contributed by atoms with Gasteiger partial charge in [0.1, 0.15) is 5.75 Å². The van der Waals surface area contributed by atoms with Crippen molar-refractivity contribution in [2.75, 3.05) is 12.4 Å². The number of nitrogens with zero attached hydrogens (tertiary/aromatic N) is 1. The Bertz CT molecular complexity index is 569. The second kappa shape index (κ2) is 6.29. The molecule has 0 aliphatic rings.